The van der Waals surface area contributed by atoms with Gasteiger partial charge in [-0.25, -0.2) is 0 Å². The molecule has 2 atom stereocenters. The molecule has 1 N–H and O–H groups in total. The Morgan fingerprint density at radius 1 is 1.17 bits per heavy atom. The lowest BCUT2D eigenvalue weighted by molar-refractivity contribution is -0.140. The maximum Gasteiger partial charge on any atom is 0.124 e. The van der Waals surface area contributed by atoms with Gasteiger partial charge in [0.15, 0.2) is 0 Å². The summed E-state index contributed by atoms with van der Waals surface area (Å²) in [5.41, 5.74) is 2.30. The van der Waals surface area contributed by atoms with Crippen molar-refractivity contribution in [2.75, 3.05) is 6.54 Å². The fraction of sp³-hybridized carbons (Fsp3) is 0.650. The maximum atomic E-state index is 9.97. The van der Waals surface area contributed by atoms with Crippen molar-refractivity contribution in [3.05, 3.63) is 28.2 Å². The summed E-state index contributed by atoms with van der Waals surface area (Å²) in [6.45, 7) is 5.93. The van der Waals surface area contributed by atoms with E-state index in [1.54, 1.807) is 6.07 Å². The Bertz CT molecular complexity index is 650. The Balaban J connectivity index is 1.55. The number of hydrogen-bond donors (Lipinski definition) is 1. The molecule has 0 heterocycles. The van der Waals surface area contributed by atoms with Crippen molar-refractivity contribution in [3.63, 3.8) is 0 Å². The predicted octanol–water partition coefficient (Wildman–Crippen LogP) is 5.57. The first-order valence-electron chi connectivity index (χ1n) is 8.77. The van der Waals surface area contributed by atoms with Gasteiger partial charge in [0, 0.05) is 22.8 Å². The van der Waals surface area contributed by atoms with Gasteiger partial charge < -0.3 is 5.11 Å². The third kappa shape index (κ3) is 2.86. The van der Waals surface area contributed by atoms with E-state index in [1.807, 2.05) is 18.3 Å². The van der Waals surface area contributed by atoms with Crippen LogP contribution in [0.25, 0.3) is 0 Å². The molecule has 0 amide bonds. The number of aliphatic imine (C=N–C) groups is 1. The van der Waals surface area contributed by atoms with Crippen molar-refractivity contribution < 1.29 is 5.11 Å². The van der Waals surface area contributed by atoms with Crippen LogP contribution in [0.2, 0.25) is 0 Å². The second-order valence-corrected chi connectivity index (χ2v) is 10.2. The molecule has 4 bridgehead atoms. The van der Waals surface area contributed by atoms with E-state index in [1.165, 1.54) is 38.5 Å². The number of halogens is 1. The van der Waals surface area contributed by atoms with Gasteiger partial charge in [0.1, 0.15) is 5.75 Å². The van der Waals surface area contributed by atoms with Gasteiger partial charge >= 0.3 is 0 Å². The minimum Gasteiger partial charge on any atom is -0.507 e. The van der Waals surface area contributed by atoms with E-state index >= 15 is 0 Å². The molecular weight excluding hydrogens is 350 g/mol. The maximum absolute atomic E-state index is 9.97. The Kier molecular flexibility index (Phi) is 3.46. The van der Waals surface area contributed by atoms with Gasteiger partial charge in [-0.1, -0.05) is 29.8 Å². The molecule has 5 rings (SSSR count). The van der Waals surface area contributed by atoms with Gasteiger partial charge in [0.2, 0.25) is 0 Å². The standard InChI is InChI=1S/C20H26BrNO/c1-18-6-14-7-19(2,10-18)12-20(8-14,11-18)13-22-9-15-5-16(21)3-4-17(15)23/h3-5,9,14,23H,6-8,10-13H2,1-2H3. The van der Waals surface area contributed by atoms with Crippen molar-refractivity contribution in [2.45, 2.75) is 52.4 Å². The summed E-state index contributed by atoms with van der Waals surface area (Å²) in [6, 6.07) is 5.51. The first-order chi connectivity index (χ1) is 10.8. The highest BCUT2D eigenvalue weighted by Crippen LogP contribution is 2.69. The molecular formula is C20H26BrNO. The summed E-state index contributed by atoms with van der Waals surface area (Å²) in [4.78, 5) is 4.79. The Labute approximate surface area is 147 Å². The molecule has 4 saturated carbocycles. The lowest BCUT2D eigenvalue weighted by atomic mass is 9.40. The molecule has 0 aliphatic heterocycles. The molecule has 4 aliphatic carbocycles. The van der Waals surface area contributed by atoms with E-state index in [-0.39, 0.29) is 0 Å². The molecule has 0 aromatic heterocycles. The van der Waals surface area contributed by atoms with Crippen molar-refractivity contribution in [3.8, 4) is 5.75 Å². The zero-order valence-electron chi connectivity index (χ0n) is 14.1. The summed E-state index contributed by atoms with van der Waals surface area (Å²) in [6.07, 6.45) is 10.2. The van der Waals surface area contributed by atoms with Gasteiger partial charge in [0.05, 0.1) is 0 Å². The quantitative estimate of drug-likeness (QED) is 0.688. The second-order valence-electron chi connectivity index (χ2n) is 9.30. The van der Waals surface area contributed by atoms with Gasteiger partial charge in [-0.2, -0.15) is 0 Å². The number of aromatic hydroxyl groups is 1. The van der Waals surface area contributed by atoms with E-state index in [2.05, 4.69) is 29.8 Å². The van der Waals surface area contributed by atoms with E-state index in [0.717, 1.165) is 22.5 Å². The largest absolute Gasteiger partial charge is 0.507 e. The van der Waals surface area contributed by atoms with Gasteiger partial charge in [-0.05, 0) is 78.9 Å². The van der Waals surface area contributed by atoms with Crippen LogP contribution in [0.5, 0.6) is 5.75 Å². The van der Waals surface area contributed by atoms with E-state index in [9.17, 15) is 5.11 Å². The summed E-state index contributed by atoms with van der Waals surface area (Å²) < 4.78 is 0.978. The van der Waals surface area contributed by atoms with Crippen LogP contribution >= 0.6 is 15.9 Å². The number of phenols is 1. The molecule has 1 aromatic rings. The van der Waals surface area contributed by atoms with Crippen LogP contribution in [-0.2, 0) is 0 Å². The monoisotopic (exact) mass is 375 g/mol. The third-order valence-corrected chi connectivity index (χ3v) is 6.88. The molecule has 2 nitrogen and oxygen atoms in total. The summed E-state index contributed by atoms with van der Waals surface area (Å²) in [7, 11) is 0. The average molecular weight is 376 g/mol. The van der Waals surface area contributed by atoms with Gasteiger partial charge in [-0.15, -0.1) is 0 Å². The normalized spacial score (nSPS) is 41.8. The molecule has 124 valence electrons. The van der Waals surface area contributed by atoms with Crippen LogP contribution < -0.4 is 0 Å². The van der Waals surface area contributed by atoms with E-state index in [0.29, 0.717) is 22.0 Å². The van der Waals surface area contributed by atoms with Crippen LogP contribution in [-0.4, -0.2) is 17.9 Å². The van der Waals surface area contributed by atoms with Gasteiger partial charge in [0.25, 0.3) is 0 Å². The third-order valence-electron chi connectivity index (χ3n) is 6.39. The molecule has 0 spiro atoms. The van der Waals surface area contributed by atoms with E-state index in [4.69, 9.17) is 4.99 Å². The van der Waals surface area contributed by atoms with Crippen molar-refractivity contribution in [1.29, 1.82) is 0 Å². The van der Waals surface area contributed by atoms with E-state index < -0.39 is 0 Å². The topological polar surface area (TPSA) is 32.6 Å². The Morgan fingerprint density at radius 2 is 1.87 bits per heavy atom. The van der Waals surface area contributed by atoms with Crippen molar-refractivity contribution in [2.24, 2.45) is 27.2 Å². The molecule has 4 fully saturated rings. The van der Waals surface area contributed by atoms with Crippen LogP contribution in [0.1, 0.15) is 57.9 Å². The smallest absolute Gasteiger partial charge is 0.124 e. The van der Waals surface area contributed by atoms with Crippen LogP contribution in [0.15, 0.2) is 27.7 Å². The fourth-order valence-corrected chi connectivity index (χ4v) is 7.21. The zero-order chi connectivity index (χ0) is 16.3. The Hall–Kier alpha value is -0.830. The number of phenolic OH excluding ortho intramolecular Hbond substituents is 1. The Morgan fingerprint density at radius 3 is 2.52 bits per heavy atom. The summed E-state index contributed by atoms with van der Waals surface area (Å²) in [5, 5.41) is 9.97. The number of rotatable bonds is 3. The molecule has 23 heavy (non-hydrogen) atoms. The SMILES string of the molecule is CC12CC3CC(C)(C1)CC(CN=Cc1cc(Br)ccc1O)(C3)C2. The van der Waals surface area contributed by atoms with Crippen LogP contribution in [0.4, 0.5) is 0 Å². The second kappa shape index (κ2) is 5.08. The molecule has 2 unspecified atom stereocenters. The predicted molar refractivity (Wildman–Crippen MR) is 98.1 cm³/mol. The van der Waals surface area contributed by atoms with Crippen molar-refractivity contribution >= 4 is 22.1 Å². The molecule has 1 aromatic carbocycles. The lowest BCUT2D eigenvalue weighted by Crippen LogP contribution is -2.55. The van der Waals surface area contributed by atoms with Crippen molar-refractivity contribution in [1.82, 2.24) is 0 Å². The van der Waals surface area contributed by atoms with Gasteiger partial charge in [-0.3, -0.25) is 4.99 Å². The van der Waals surface area contributed by atoms with Crippen LogP contribution in [0.3, 0.4) is 0 Å². The average Bonchev–Trinajstić information content (AvgIpc) is 2.38. The number of nitrogens with zero attached hydrogens (tertiary/aromatic N) is 1. The first kappa shape index (κ1) is 15.7. The first-order valence-corrected chi connectivity index (χ1v) is 9.57. The lowest BCUT2D eigenvalue weighted by Gasteiger charge is -2.65. The highest BCUT2D eigenvalue weighted by atomic mass is 79.9. The molecule has 3 heteroatoms. The van der Waals surface area contributed by atoms with Crippen LogP contribution in [0, 0.1) is 22.2 Å². The summed E-state index contributed by atoms with van der Waals surface area (Å²) >= 11 is 3.46. The highest BCUT2D eigenvalue weighted by molar-refractivity contribution is 9.10. The zero-order valence-corrected chi connectivity index (χ0v) is 15.7. The summed E-state index contributed by atoms with van der Waals surface area (Å²) in [5.74, 6) is 1.22. The minimum atomic E-state index is 0.307. The molecule has 4 aliphatic rings. The fourth-order valence-electron chi connectivity index (χ4n) is 6.83. The minimum absolute atomic E-state index is 0.307. The number of hydrogen-bond acceptors (Lipinski definition) is 2. The number of benzene rings is 1. The highest BCUT2D eigenvalue weighted by Gasteiger charge is 2.59. The molecule has 0 radical (unpaired) electrons. The molecule has 0 saturated heterocycles.